The SMILES string of the molecule is Cc1cc(C)c(/C=[N+]2/C(=O)Oc3c(C)cc(C)cc32)c(C)c1. The van der Waals surface area contributed by atoms with Gasteiger partial charge >= 0.3 is 6.09 Å². The number of hydrogen-bond donors (Lipinski definition) is 0. The second-order valence-corrected chi connectivity index (χ2v) is 6.11. The van der Waals surface area contributed by atoms with Crippen LogP contribution in [0.4, 0.5) is 10.5 Å². The molecule has 1 heterocycles. The lowest BCUT2D eigenvalue weighted by atomic mass is 10.0. The van der Waals surface area contributed by atoms with E-state index in [0.717, 1.165) is 33.5 Å². The van der Waals surface area contributed by atoms with Crippen molar-refractivity contribution < 1.29 is 14.1 Å². The molecule has 0 aliphatic carbocycles. The van der Waals surface area contributed by atoms with Crippen molar-refractivity contribution in [3.8, 4) is 5.75 Å². The van der Waals surface area contributed by atoms with Gasteiger partial charge in [0.1, 0.15) is 0 Å². The van der Waals surface area contributed by atoms with Crippen LogP contribution in [0.3, 0.4) is 0 Å². The number of ether oxygens (including phenoxy) is 1. The molecule has 0 N–H and O–H groups in total. The average Bonchev–Trinajstić information content (AvgIpc) is 2.70. The van der Waals surface area contributed by atoms with Crippen molar-refractivity contribution >= 4 is 18.0 Å². The normalized spacial score (nSPS) is 15.1. The molecule has 0 unspecified atom stereocenters. The molecule has 2 aromatic rings. The first-order chi connectivity index (χ1) is 10.4. The molecule has 0 fully saturated rings. The Morgan fingerprint density at radius 1 is 0.864 bits per heavy atom. The third-order valence-corrected chi connectivity index (χ3v) is 4.04. The fourth-order valence-corrected chi connectivity index (χ4v) is 3.12. The summed E-state index contributed by atoms with van der Waals surface area (Å²) >= 11 is 0. The summed E-state index contributed by atoms with van der Waals surface area (Å²) in [6, 6.07) is 8.27. The summed E-state index contributed by atoms with van der Waals surface area (Å²) in [5.74, 6) is 0.661. The molecule has 1 aliphatic rings. The lowest BCUT2D eigenvalue weighted by Crippen LogP contribution is -2.15. The molecule has 0 radical (unpaired) electrons. The summed E-state index contributed by atoms with van der Waals surface area (Å²) < 4.78 is 7.05. The summed E-state index contributed by atoms with van der Waals surface area (Å²) in [4.78, 5) is 12.3. The maximum atomic E-state index is 12.3. The zero-order chi connectivity index (χ0) is 16.0. The standard InChI is InChI=1S/C19H20NO2/c1-11-6-13(3)16(14(4)7-11)10-20-17-9-12(2)8-15(5)18(17)22-19(20)21/h6-10H,1-5H3/q+1/b20-10+. The Bertz CT molecular complexity index is 809. The Hall–Kier alpha value is -2.42. The first-order valence-corrected chi connectivity index (χ1v) is 7.42. The van der Waals surface area contributed by atoms with Crippen molar-refractivity contribution in [1.29, 1.82) is 0 Å². The Morgan fingerprint density at radius 2 is 1.41 bits per heavy atom. The van der Waals surface area contributed by atoms with Gasteiger partial charge in [-0.3, -0.25) is 0 Å². The summed E-state index contributed by atoms with van der Waals surface area (Å²) in [6.45, 7) is 10.2. The highest BCUT2D eigenvalue weighted by atomic mass is 16.6. The molecule has 3 nitrogen and oxygen atoms in total. The number of hydrogen-bond acceptors (Lipinski definition) is 2. The smallest absolute Gasteiger partial charge is 0.365 e. The molecule has 2 aromatic carbocycles. The van der Waals surface area contributed by atoms with Crippen molar-refractivity contribution in [3.63, 3.8) is 0 Å². The molecule has 3 heteroatoms. The molecule has 22 heavy (non-hydrogen) atoms. The Morgan fingerprint density at radius 3 is 2.05 bits per heavy atom. The summed E-state index contributed by atoms with van der Waals surface area (Å²) in [5.41, 5.74) is 7.52. The lowest BCUT2D eigenvalue weighted by Gasteiger charge is -2.05. The van der Waals surface area contributed by atoms with E-state index in [1.54, 1.807) is 4.58 Å². The molecule has 0 aromatic heterocycles. The van der Waals surface area contributed by atoms with E-state index in [2.05, 4.69) is 32.9 Å². The molecule has 0 saturated heterocycles. The van der Waals surface area contributed by atoms with E-state index >= 15 is 0 Å². The van der Waals surface area contributed by atoms with Crippen LogP contribution in [0.2, 0.25) is 0 Å². The van der Waals surface area contributed by atoms with Crippen LogP contribution in [0.5, 0.6) is 5.75 Å². The lowest BCUT2D eigenvalue weighted by molar-refractivity contribution is -0.328. The number of benzene rings is 2. The number of nitrogens with zero attached hydrogens (tertiary/aromatic N) is 1. The second-order valence-electron chi connectivity index (χ2n) is 6.11. The van der Waals surface area contributed by atoms with Crippen LogP contribution in [-0.2, 0) is 0 Å². The van der Waals surface area contributed by atoms with E-state index in [4.69, 9.17) is 4.74 Å². The third kappa shape index (κ3) is 2.33. The highest BCUT2D eigenvalue weighted by molar-refractivity contribution is 5.88. The molecule has 0 bridgehead atoms. The number of carbonyl (C=O) groups excluding carboxylic acids is 1. The van der Waals surface area contributed by atoms with E-state index in [-0.39, 0.29) is 6.09 Å². The number of rotatable bonds is 1. The van der Waals surface area contributed by atoms with E-state index in [1.165, 1.54) is 5.56 Å². The second kappa shape index (κ2) is 5.09. The van der Waals surface area contributed by atoms with Crippen LogP contribution < -0.4 is 4.74 Å². The van der Waals surface area contributed by atoms with Crippen molar-refractivity contribution in [2.45, 2.75) is 34.6 Å². The van der Waals surface area contributed by atoms with Crippen molar-refractivity contribution in [2.75, 3.05) is 0 Å². The largest absolute Gasteiger partial charge is 0.608 e. The van der Waals surface area contributed by atoms with Crippen molar-refractivity contribution in [3.05, 3.63) is 57.6 Å². The highest BCUT2D eigenvalue weighted by Crippen LogP contribution is 2.37. The third-order valence-electron chi connectivity index (χ3n) is 4.04. The Kier molecular flexibility index (Phi) is 3.36. The summed E-state index contributed by atoms with van der Waals surface area (Å²) in [6.07, 6.45) is 1.54. The average molecular weight is 294 g/mol. The summed E-state index contributed by atoms with van der Waals surface area (Å²) in [7, 11) is 0. The van der Waals surface area contributed by atoms with Crippen molar-refractivity contribution in [2.24, 2.45) is 0 Å². The molecule has 112 valence electrons. The fraction of sp³-hybridized carbons (Fsp3) is 0.263. The number of amides is 1. The van der Waals surface area contributed by atoms with E-state index in [1.807, 2.05) is 32.2 Å². The Labute approximate surface area is 130 Å². The van der Waals surface area contributed by atoms with Gasteiger partial charge in [-0.1, -0.05) is 28.3 Å². The van der Waals surface area contributed by atoms with Gasteiger partial charge in [0.2, 0.25) is 5.75 Å². The summed E-state index contributed by atoms with van der Waals surface area (Å²) in [5, 5.41) is 0. The maximum Gasteiger partial charge on any atom is 0.608 e. The predicted molar refractivity (Wildman–Crippen MR) is 87.7 cm³/mol. The van der Waals surface area contributed by atoms with Gasteiger partial charge in [-0.05, 0) is 56.9 Å². The molecule has 0 saturated carbocycles. The monoisotopic (exact) mass is 294 g/mol. The van der Waals surface area contributed by atoms with Crippen LogP contribution in [0.15, 0.2) is 24.3 Å². The van der Waals surface area contributed by atoms with Crippen LogP contribution >= 0.6 is 0 Å². The van der Waals surface area contributed by atoms with E-state index < -0.39 is 0 Å². The predicted octanol–water partition coefficient (Wildman–Crippen LogP) is 4.50. The van der Waals surface area contributed by atoms with Gasteiger partial charge in [0, 0.05) is 11.6 Å². The van der Waals surface area contributed by atoms with E-state index in [9.17, 15) is 4.79 Å². The zero-order valence-corrected chi connectivity index (χ0v) is 13.7. The van der Waals surface area contributed by atoms with Gasteiger partial charge in [-0.2, -0.15) is 4.79 Å². The number of carbonyl (C=O) groups is 1. The quantitative estimate of drug-likeness (QED) is 0.724. The van der Waals surface area contributed by atoms with Gasteiger partial charge in [0.05, 0.1) is 0 Å². The van der Waals surface area contributed by atoms with Gasteiger partial charge in [0.15, 0.2) is 6.21 Å². The minimum Gasteiger partial charge on any atom is -0.365 e. The highest BCUT2D eigenvalue weighted by Gasteiger charge is 2.37. The van der Waals surface area contributed by atoms with Crippen LogP contribution in [0.1, 0.15) is 33.4 Å². The van der Waals surface area contributed by atoms with Gasteiger partial charge in [-0.25, -0.2) is 0 Å². The van der Waals surface area contributed by atoms with Crippen LogP contribution in [0, 0.1) is 34.6 Å². The maximum absolute atomic E-state index is 12.3. The molecule has 0 spiro atoms. The van der Waals surface area contributed by atoms with Gasteiger partial charge in [0.25, 0.3) is 5.69 Å². The molecular formula is C19H20NO2+. The molecular weight excluding hydrogens is 274 g/mol. The van der Waals surface area contributed by atoms with E-state index in [0.29, 0.717) is 5.75 Å². The van der Waals surface area contributed by atoms with Gasteiger partial charge in [-0.15, -0.1) is 0 Å². The number of fused-ring (bicyclic) bond motifs is 1. The van der Waals surface area contributed by atoms with Crippen LogP contribution in [-0.4, -0.2) is 16.9 Å². The number of aryl methyl sites for hydroxylation is 5. The molecule has 0 atom stereocenters. The first-order valence-electron chi connectivity index (χ1n) is 7.42. The minimum absolute atomic E-state index is 0.344. The molecule has 1 aliphatic heterocycles. The zero-order valence-electron chi connectivity index (χ0n) is 13.7. The van der Waals surface area contributed by atoms with Crippen molar-refractivity contribution in [1.82, 2.24) is 0 Å². The molecule has 3 rings (SSSR count). The molecule has 1 amide bonds. The topological polar surface area (TPSA) is 29.3 Å². The minimum atomic E-state index is -0.344. The Balaban J connectivity index is 2.21. The fourth-order valence-electron chi connectivity index (χ4n) is 3.12. The van der Waals surface area contributed by atoms with Crippen LogP contribution in [0.25, 0.3) is 0 Å². The van der Waals surface area contributed by atoms with Gasteiger partial charge < -0.3 is 4.74 Å². The first kappa shape index (κ1) is 14.5.